The van der Waals surface area contributed by atoms with E-state index in [1.54, 1.807) is 12.1 Å². The molecule has 1 saturated carbocycles. The molecule has 0 bridgehead atoms. The summed E-state index contributed by atoms with van der Waals surface area (Å²) < 4.78 is 37.2. The van der Waals surface area contributed by atoms with Gasteiger partial charge in [0.1, 0.15) is 0 Å². The molecule has 2 fully saturated rings. The van der Waals surface area contributed by atoms with Crippen molar-refractivity contribution in [1.82, 2.24) is 5.32 Å². The molecule has 2 aliphatic rings. The molecule has 16 heavy (non-hydrogen) atoms. The summed E-state index contributed by atoms with van der Waals surface area (Å²) >= 11 is 0. The van der Waals surface area contributed by atoms with Crippen LogP contribution in [0, 0.1) is 5.92 Å². The van der Waals surface area contributed by atoms with Crippen molar-refractivity contribution in [2.24, 2.45) is 5.92 Å². The van der Waals surface area contributed by atoms with E-state index in [4.69, 9.17) is 0 Å². The highest BCUT2D eigenvalue weighted by molar-refractivity contribution is 5.38. The van der Waals surface area contributed by atoms with Crippen molar-refractivity contribution in [2.45, 2.75) is 18.0 Å². The second-order valence-electron chi connectivity index (χ2n) is 4.76. The Hall–Kier alpha value is -1.03. The van der Waals surface area contributed by atoms with Crippen LogP contribution in [-0.4, -0.2) is 13.1 Å². The van der Waals surface area contributed by atoms with Crippen molar-refractivity contribution < 1.29 is 13.2 Å². The standard InChI is InChI=1S/C12H12F3N/c13-12(14,15)9-3-1-8(2-4-9)11-5-10(11)6-16-7-11/h1-4,10,16H,5-7H2/t10?,11-/m1/s1. The fourth-order valence-electron chi connectivity index (χ4n) is 2.78. The van der Waals surface area contributed by atoms with E-state index in [0.717, 1.165) is 25.1 Å². The molecule has 0 amide bonds. The Labute approximate surface area is 91.7 Å². The van der Waals surface area contributed by atoms with Crippen molar-refractivity contribution >= 4 is 0 Å². The van der Waals surface area contributed by atoms with E-state index in [9.17, 15) is 13.2 Å². The molecule has 1 aromatic rings. The van der Waals surface area contributed by atoms with Gasteiger partial charge in [-0.15, -0.1) is 0 Å². The van der Waals surface area contributed by atoms with E-state index in [2.05, 4.69) is 5.32 Å². The topological polar surface area (TPSA) is 12.0 Å². The largest absolute Gasteiger partial charge is 0.416 e. The van der Waals surface area contributed by atoms with E-state index in [1.165, 1.54) is 12.1 Å². The molecule has 1 nitrogen and oxygen atoms in total. The van der Waals surface area contributed by atoms with Crippen LogP contribution in [0.15, 0.2) is 24.3 Å². The Balaban J connectivity index is 1.89. The van der Waals surface area contributed by atoms with Gasteiger partial charge in [0.05, 0.1) is 5.56 Å². The van der Waals surface area contributed by atoms with Crippen molar-refractivity contribution in [2.75, 3.05) is 13.1 Å². The number of rotatable bonds is 1. The first-order valence-corrected chi connectivity index (χ1v) is 5.41. The summed E-state index contributed by atoms with van der Waals surface area (Å²) in [4.78, 5) is 0. The van der Waals surface area contributed by atoms with Crippen LogP contribution < -0.4 is 5.32 Å². The van der Waals surface area contributed by atoms with Gasteiger partial charge in [-0.25, -0.2) is 0 Å². The molecule has 4 heteroatoms. The van der Waals surface area contributed by atoms with Crippen molar-refractivity contribution in [3.05, 3.63) is 35.4 Å². The quantitative estimate of drug-likeness (QED) is 0.777. The highest BCUT2D eigenvalue weighted by atomic mass is 19.4. The number of hydrogen-bond donors (Lipinski definition) is 1. The first kappa shape index (κ1) is 10.1. The summed E-state index contributed by atoms with van der Waals surface area (Å²) in [6, 6.07) is 5.65. The molecular formula is C12H12F3N. The third kappa shape index (κ3) is 1.36. The van der Waals surface area contributed by atoms with Crippen molar-refractivity contribution in [3.63, 3.8) is 0 Å². The second-order valence-corrected chi connectivity index (χ2v) is 4.76. The van der Waals surface area contributed by atoms with Gasteiger partial charge in [0, 0.05) is 12.0 Å². The van der Waals surface area contributed by atoms with Gasteiger partial charge in [0.25, 0.3) is 0 Å². The molecule has 0 radical (unpaired) electrons. The SMILES string of the molecule is FC(F)(F)c1ccc([C@@]23CNCC2C3)cc1. The van der Waals surface area contributed by atoms with Gasteiger partial charge in [0.2, 0.25) is 0 Å². The summed E-state index contributed by atoms with van der Waals surface area (Å²) in [6.45, 7) is 1.91. The lowest BCUT2D eigenvalue weighted by molar-refractivity contribution is -0.137. The van der Waals surface area contributed by atoms with E-state index in [-0.39, 0.29) is 5.41 Å². The monoisotopic (exact) mass is 227 g/mol. The van der Waals surface area contributed by atoms with E-state index in [1.807, 2.05) is 0 Å². The van der Waals surface area contributed by atoms with Crippen molar-refractivity contribution in [1.29, 1.82) is 0 Å². The maximum absolute atomic E-state index is 12.4. The molecule has 0 spiro atoms. The van der Waals surface area contributed by atoms with Gasteiger partial charge < -0.3 is 5.32 Å². The molecule has 86 valence electrons. The molecule has 0 aromatic heterocycles. The minimum absolute atomic E-state index is 0.143. The van der Waals surface area contributed by atoms with Gasteiger partial charge in [-0.2, -0.15) is 13.2 Å². The minimum atomic E-state index is -4.23. The Morgan fingerprint density at radius 3 is 2.31 bits per heavy atom. The first-order valence-electron chi connectivity index (χ1n) is 5.41. The molecule has 2 atom stereocenters. The van der Waals surface area contributed by atoms with Crippen molar-refractivity contribution in [3.8, 4) is 0 Å². The molecule has 3 rings (SSSR count). The smallest absolute Gasteiger partial charge is 0.316 e. The molecule has 1 unspecified atom stereocenters. The summed E-state index contributed by atoms with van der Waals surface area (Å²) in [5.41, 5.74) is 0.635. The zero-order chi connectivity index (χ0) is 11.4. The predicted octanol–water partition coefficient (Wildman–Crippen LogP) is 2.57. The van der Waals surface area contributed by atoms with Crippen LogP contribution in [0.5, 0.6) is 0 Å². The van der Waals surface area contributed by atoms with E-state index >= 15 is 0 Å². The maximum atomic E-state index is 12.4. The van der Waals surface area contributed by atoms with Crippen LogP contribution in [0.25, 0.3) is 0 Å². The van der Waals surface area contributed by atoms with Gasteiger partial charge in [-0.05, 0) is 36.6 Å². The fourth-order valence-corrected chi connectivity index (χ4v) is 2.78. The number of hydrogen-bond acceptors (Lipinski definition) is 1. The Morgan fingerprint density at radius 2 is 1.88 bits per heavy atom. The van der Waals surface area contributed by atoms with Gasteiger partial charge in [-0.3, -0.25) is 0 Å². The molecule has 1 aliphatic carbocycles. The lowest BCUT2D eigenvalue weighted by atomic mass is 9.94. The lowest BCUT2D eigenvalue weighted by Gasteiger charge is -2.13. The normalized spacial score (nSPS) is 32.6. The molecule has 1 saturated heterocycles. The first-order chi connectivity index (χ1) is 7.52. The summed E-state index contributed by atoms with van der Waals surface area (Å²) in [5, 5.41) is 3.28. The minimum Gasteiger partial charge on any atom is -0.316 e. The predicted molar refractivity (Wildman–Crippen MR) is 54.1 cm³/mol. The summed E-state index contributed by atoms with van der Waals surface area (Å²) in [5.74, 6) is 0.629. The lowest BCUT2D eigenvalue weighted by Crippen LogP contribution is -2.19. The number of nitrogens with one attached hydrogen (secondary N) is 1. The summed E-state index contributed by atoms with van der Waals surface area (Å²) in [7, 11) is 0. The van der Waals surface area contributed by atoms with Crippen LogP contribution in [0.4, 0.5) is 13.2 Å². The van der Waals surface area contributed by atoms with Crippen LogP contribution in [-0.2, 0) is 11.6 Å². The Bertz CT molecular complexity index is 409. The van der Waals surface area contributed by atoms with Gasteiger partial charge in [-0.1, -0.05) is 12.1 Å². The van der Waals surface area contributed by atoms with Crippen LogP contribution in [0.3, 0.4) is 0 Å². The Morgan fingerprint density at radius 1 is 1.19 bits per heavy atom. The van der Waals surface area contributed by atoms with Gasteiger partial charge >= 0.3 is 6.18 Å². The molecule has 1 aliphatic heterocycles. The third-order valence-electron chi connectivity index (χ3n) is 3.85. The number of alkyl halides is 3. The number of piperidine rings is 1. The van der Waals surface area contributed by atoms with E-state index in [0.29, 0.717) is 5.92 Å². The van der Waals surface area contributed by atoms with E-state index < -0.39 is 11.7 Å². The molecule has 1 N–H and O–H groups in total. The van der Waals surface area contributed by atoms with Crippen LogP contribution in [0.1, 0.15) is 17.5 Å². The number of fused-ring (bicyclic) bond motifs is 1. The third-order valence-corrected chi connectivity index (χ3v) is 3.85. The average molecular weight is 227 g/mol. The highest BCUT2D eigenvalue weighted by Gasteiger charge is 2.57. The molecular weight excluding hydrogens is 215 g/mol. The maximum Gasteiger partial charge on any atom is 0.416 e. The Kier molecular flexibility index (Phi) is 1.90. The zero-order valence-corrected chi connectivity index (χ0v) is 8.64. The summed E-state index contributed by atoms with van der Waals surface area (Å²) in [6.07, 6.45) is -3.11. The number of halogens is 3. The van der Waals surface area contributed by atoms with Gasteiger partial charge in [0.15, 0.2) is 0 Å². The van der Waals surface area contributed by atoms with Crippen LogP contribution in [0.2, 0.25) is 0 Å². The average Bonchev–Trinajstić information content (AvgIpc) is 2.81. The zero-order valence-electron chi connectivity index (χ0n) is 8.64. The highest BCUT2D eigenvalue weighted by Crippen LogP contribution is 2.56. The molecule has 1 heterocycles. The number of benzene rings is 1. The molecule has 1 aromatic carbocycles. The second kappa shape index (κ2) is 3.00. The van der Waals surface area contributed by atoms with Crippen LogP contribution >= 0.6 is 0 Å². The fraction of sp³-hybridized carbons (Fsp3) is 0.500.